The summed E-state index contributed by atoms with van der Waals surface area (Å²) in [7, 11) is 1.93. The minimum absolute atomic E-state index is 0.438. The van der Waals surface area contributed by atoms with Crippen molar-refractivity contribution in [2.24, 2.45) is 5.92 Å². The van der Waals surface area contributed by atoms with Gasteiger partial charge in [-0.15, -0.1) is 0 Å². The molecule has 5 nitrogen and oxygen atoms in total. The maximum atomic E-state index is 5.89. The second kappa shape index (κ2) is 7.05. The first-order valence-electron chi connectivity index (χ1n) is 6.92. The lowest BCUT2D eigenvalue weighted by Gasteiger charge is -2.12. The molecule has 0 fully saturated rings. The van der Waals surface area contributed by atoms with Gasteiger partial charge in [0.25, 0.3) is 0 Å². The summed E-state index contributed by atoms with van der Waals surface area (Å²) in [5.74, 6) is 2.28. The Hall–Kier alpha value is -1.88. The van der Waals surface area contributed by atoms with Crippen LogP contribution in [0.25, 0.3) is 0 Å². The van der Waals surface area contributed by atoms with Crippen molar-refractivity contribution in [2.75, 3.05) is 7.05 Å². The van der Waals surface area contributed by atoms with Gasteiger partial charge in [-0.2, -0.15) is 5.10 Å². The van der Waals surface area contributed by atoms with E-state index in [9.17, 15) is 0 Å². The van der Waals surface area contributed by atoms with Crippen molar-refractivity contribution in [1.82, 2.24) is 20.1 Å². The predicted octanol–water partition coefficient (Wildman–Crippen LogP) is 2.23. The summed E-state index contributed by atoms with van der Waals surface area (Å²) in [6.07, 6.45) is 1.58. The topological polar surface area (TPSA) is 52.0 Å². The van der Waals surface area contributed by atoms with Crippen LogP contribution >= 0.6 is 0 Å². The van der Waals surface area contributed by atoms with Crippen molar-refractivity contribution in [3.05, 3.63) is 42.0 Å². The fourth-order valence-corrected chi connectivity index (χ4v) is 2.02. The van der Waals surface area contributed by atoms with E-state index in [0.717, 1.165) is 30.2 Å². The van der Waals surface area contributed by atoms with Gasteiger partial charge in [0, 0.05) is 18.7 Å². The SMILES string of the molecule is CNCc1ccccc1OCc1ncnn1CC(C)C. The van der Waals surface area contributed by atoms with Gasteiger partial charge in [-0.25, -0.2) is 9.67 Å². The number of rotatable bonds is 7. The first-order chi connectivity index (χ1) is 9.70. The van der Waals surface area contributed by atoms with E-state index in [4.69, 9.17) is 4.74 Å². The quantitative estimate of drug-likeness (QED) is 0.841. The summed E-state index contributed by atoms with van der Waals surface area (Å²) < 4.78 is 7.80. The van der Waals surface area contributed by atoms with Crippen molar-refractivity contribution >= 4 is 0 Å². The summed E-state index contributed by atoms with van der Waals surface area (Å²) in [4.78, 5) is 4.27. The Morgan fingerprint density at radius 2 is 2.10 bits per heavy atom. The van der Waals surface area contributed by atoms with Gasteiger partial charge in [-0.05, 0) is 19.0 Å². The average Bonchev–Trinajstić information content (AvgIpc) is 2.84. The van der Waals surface area contributed by atoms with Crippen LogP contribution in [0.2, 0.25) is 0 Å². The zero-order valence-corrected chi connectivity index (χ0v) is 12.3. The van der Waals surface area contributed by atoms with Crippen LogP contribution in [0.3, 0.4) is 0 Å². The van der Waals surface area contributed by atoms with Crippen LogP contribution in [0, 0.1) is 5.92 Å². The van der Waals surface area contributed by atoms with Crippen molar-refractivity contribution < 1.29 is 4.74 Å². The van der Waals surface area contributed by atoms with E-state index in [2.05, 4.69) is 35.3 Å². The van der Waals surface area contributed by atoms with Crippen LogP contribution < -0.4 is 10.1 Å². The molecule has 2 rings (SSSR count). The summed E-state index contributed by atoms with van der Waals surface area (Å²) in [5, 5.41) is 7.38. The highest BCUT2D eigenvalue weighted by atomic mass is 16.5. The Morgan fingerprint density at radius 1 is 1.30 bits per heavy atom. The Morgan fingerprint density at radius 3 is 2.85 bits per heavy atom. The van der Waals surface area contributed by atoms with Crippen molar-refractivity contribution in [2.45, 2.75) is 33.5 Å². The Bertz CT molecular complexity index is 536. The lowest BCUT2D eigenvalue weighted by Crippen LogP contribution is -2.13. The first kappa shape index (κ1) is 14.5. The fraction of sp³-hybridized carbons (Fsp3) is 0.467. The second-order valence-corrected chi connectivity index (χ2v) is 5.18. The molecule has 5 heteroatoms. The van der Waals surface area contributed by atoms with Gasteiger partial charge in [0.1, 0.15) is 18.7 Å². The third-order valence-corrected chi connectivity index (χ3v) is 2.93. The molecule has 0 unspecified atom stereocenters. The van der Waals surface area contributed by atoms with Crippen molar-refractivity contribution in [1.29, 1.82) is 0 Å². The van der Waals surface area contributed by atoms with Crippen LogP contribution in [0.4, 0.5) is 0 Å². The van der Waals surface area contributed by atoms with Crippen LogP contribution in [0.5, 0.6) is 5.75 Å². The second-order valence-electron chi connectivity index (χ2n) is 5.18. The Labute approximate surface area is 120 Å². The van der Waals surface area contributed by atoms with Gasteiger partial charge in [-0.3, -0.25) is 0 Å². The zero-order valence-electron chi connectivity index (χ0n) is 12.3. The van der Waals surface area contributed by atoms with E-state index in [1.54, 1.807) is 6.33 Å². The largest absolute Gasteiger partial charge is 0.485 e. The molecule has 108 valence electrons. The molecule has 1 N–H and O–H groups in total. The number of hydrogen-bond donors (Lipinski definition) is 1. The van der Waals surface area contributed by atoms with Crippen LogP contribution in [-0.4, -0.2) is 21.8 Å². The molecule has 0 aliphatic heterocycles. The number of para-hydroxylation sites is 1. The average molecular weight is 274 g/mol. The third kappa shape index (κ3) is 3.81. The first-order valence-corrected chi connectivity index (χ1v) is 6.92. The van der Waals surface area contributed by atoms with Crippen LogP contribution in [0.15, 0.2) is 30.6 Å². The van der Waals surface area contributed by atoms with Crippen molar-refractivity contribution in [3.63, 3.8) is 0 Å². The Balaban J connectivity index is 2.04. The van der Waals surface area contributed by atoms with E-state index in [1.165, 1.54) is 0 Å². The Kier molecular flexibility index (Phi) is 5.12. The number of nitrogens with zero attached hydrogens (tertiary/aromatic N) is 3. The summed E-state index contributed by atoms with van der Waals surface area (Å²) in [5.41, 5.74) is 1.14. The molecular weight excluding hydrogens is 252 g/mol. The monoisotopic (exact) mass is 274 g/mol. The minimum Gasteiger partial charge on any atom is -0.485 e. The van der Waals surface area contributed by atoms with E-state index >= 15 is 0 Å². The summed E-state index contributed by atoms with van der Waals surface area (Å²) in [6, 6.07) is 8.04. The zero-order chi connectivity index (χ0) is 14.4. The van der Waals surface area contributed by atoms with Gasteiger partial charge in [0.05, 0.1) is 0 Å². The van der Waals surface area contributed by atoms with Crippen LogP contribution in [-0.2, 0) is 19.7 Å². The van der Waals surface area contributed by atoms with E-state index in [1.807, 2.05) is 29.9 Å². The van der Waals surface area contributed by atoms with Gasteiger partial charge in [-0.1, -0.05) is 32.0 Å². The maximum Gasteiger partial charge on any atom is 0.164 e. The van der Waals surface area contributed by atoms with E-state index in [-0.39, 0.29) is 0 Å². The number of aromatic nitrogens is 3. The molecule has 0 aliphatic carbocycles. The fourth-order valence-electron chi connectivity index (χ4n) is 2.02. The lowest BCUT2D eigenvalue weighted by atomic mass is 10.2. The molecule has 0 amide bonds. The molecule has 2 aromatic rings. The molecule has 0 atom stereocenters. The highest BCUT2D eigenvalue weighted by Crippen LogP contribution is 2.18. The smallest absolute Gasteiger partial charge is 0.164 e. The van der Waals surface area contributed by atoms with Crippen molar-refractivity contribution in [3.8, 4) is 5.75 Å². The van der Waals surface area contributed by atoms with Gasteiger partial charge in [0.2, 0.25) is 0 Å². The molecule has 0 spiro atoms. The molecule has 0 aliphatic rings. The molecular formula is C15H22N4O. The molecule has 1 heterocycles. The molecule has 0 radical (unpaired) electrons. The lowest BCUT2D eigenvalue weighted by molar-refractivity contribution is 0.279. The van der Waals surface area contributed by atoms with E-state index < -0.39 is 0 Å². The third-order valence-electron chi connectivity index (χ3n) is 2.93. The minimum atomic E-state index is 0.438. The molecule has 1 aromatic heterocycles. The highest BCUT2D eigenvalue weighted by Gasteiger charge is 2.08. The summed E-state index contributed by atoms with van der Waals surface area (Å²) >= 11 is 0. The van der Waals surface area contributed by atoms with Gasteiger partial charge < -0.3 is 10.1 Å². The van der Waals surface area contributed by atoms with Gasteiger partial charge in [0.15, 0.2) is 5.82 Å². The normalized spacial score (nSPS) is 11.0. The number of nitrogens with one attached hydrogen (secondary N) is 1. The molecule has 1 aromatic carbocycles. The number of benzene rings is 1. The summed E-state index contributed by atoms with van der Waals surface area (Å²) in [6.45, 7) is 6.40. The maximum absolute atomic E-state index is 5.89. The molecule has 0 saturated carbocycles. The number of ether oxygens (including phenoxy) is 1. The molecule has 0 saturated heterocycles. The molecule has 0 bridgehead atoms. The van der Waals surface area contributed by atoms with Crippen LogP contribution in [0.1, 0.15) is 25.2 Å². The predicted molar refractivity (Wildman–Crippen MR) is 78.4 cm³/mol. The standard InChI is InChI=1S/C15H22N4O/c1-12(2)9-19-15(17-11-18-19)10-20-14-7-5-4-6-13(14)8-16-3/h4-7,11-12,16H,8-10H2,1-3H3. The highest BCUT2D eigenvalue weighted by molar-refractivity contribution is 5.33. The molecule has 20 heavy (non-hydrogen) atoms. The van der Waals surface area contributed by atoms with E-state index in [0.29, 0.717) is 12.5 Å². The van der Waals surface area contributed by atoms with Gasteiger partial charge >= 0.3 is 0 Å². The number of hydrogen-bond acceptors (Lipinski definition) is 4.